The van der Waals surface area contributed by atoms with E-state index >= 15 is 0 Å². The molecule has 1 unspecified atom stereocenters. The van der Waals surface area contributed by atoms with Gasteiger partial charge in [-0.3, -0.25) is 4.98 Å². The van der Waals surface area contributed by atoms with E-state index in [2.05, 4.69) is 44.1 Å². The third kappa shape index (κ3) is 4.71. The zero-order valence-electron chi connectivity index (χ0n) is 13.5. The summed E-state index contributed by atoms with van der Waals surface area (Å²) in [5.41, 5.74) is 1.09. The average molecular weight is 286 g/mol. The van der Waals surface area contributed by atoms with Crippen LogP contribution in [0.3, 0.4) is 0 Å². The standard InChI is InChI=1S/C18H26N2O/c1-5-8-14(13-20-18(2,3)4)21-17-11-6-10-16-15(17)9-7-12-19-16/h6-7,9-12,14,20H,5,8,13H2,1-4H3. The van der Waals surface area contributed by atoms with Crippen molar-refractivity contribution in [3.05, 3.63) is 36.5 Å². The first-order valence-corrected chi connectivity index (χ1v) is 7.75. The molecule has 0 aliphatic heterocycles. The number of hydrogen-bond acceptors (Lipinski definition) is 3. The number of aromatic nitrogens is 1. The highest BCUT2D eigenvalue weighted by molar-refractivity contribution is 5.84. The van der Waals surface area contributed by atoms with Crippen LogP contribution in [0.1, 0.15) is 40.5 Å². The summed E-state index contributed by atoms with van der Waals surface area (Å²) >= 11 is 0. The molecule has 0 aliphatic carbocycles. The van der Waals surface area contributed by atoms with Gasteiger partial charge in [0.25, 0.3) is 0 Å². The second-order valence-electron chi connectivity index (χ2n) is 6.49. The predicted octanol–water partition coefficient (Wildman–Crippen LogP) is 4.17. The maximum Gasteiger partial charge on any atom is 0.129 e. The van der Waals surface area contributed by atoms with Gasteiger partial charge in [-0.25, -0.2) is 0 Å². The fraction of sp³-hybridized carbons (Fsp3) is 0.500. The molecule has 3 nitrogen and oxygen atoms in total. The van der Waals surface area contributed by atoms with Crippen molar-refractivity contribution in [1.82, 2.24) is 10.3 Å². The summed E-state index contributed by atoms with van der Waals surface area (Å²) in [6.45, 7) is 9.58. The van der Waals surface area contributed by atoms with Crippen molar-refractivity contribution in [2.75, 3.05) is 6.54 Å². The van der Waals surface area contributed by atoms with E-state index < -0.39 is 0 Å². The van der Waals surface area contributed by atoms with Crippen molar-refractivity contribution in [2.45, 2.75) is 52.2 Å². The minimum atomic E-state index is 0.107. The molecule has 0 amide bonds. The summed E-state index contributed by atoms with van der Waals surface area (Å²) in [6, 6.07) is 10.1. The molecule has 2 rings (SSSR count). The monoisotopic (exact) mass is 286 g/mol. The Kier molecular flexibility index (Phi) is 5.18. The summed E-state index contributed by atoms with van der Waals surface area (Å²) in [5.74, 6) is 0.926. The van der Waals surface area contributed by atoms with Gasteiger partial charge < -0.3 is 10.1 Å². The highest BCUT2D eigenvalue weighted by atomic mass is 16.5. The minimum Gasteiger partial charge on any atom is -0.488 e. The van der Waals surface area contributed by atoms with Gasteiger partial charge in [0.1, 0.15) is 11.9 Å². The van der Waals surface area contributed by atoms with E-state index in [-0.39, 0.29) is 11.6 Å². The number of ether oxygens (including phenoxy) is 1. The minimum absolute atomic E-state index is 0.107. The molecule has 0 fully saturated rings. The molecule has 0 aliphatic rings. The molecule has 1 aromatic carbocycles. The molecule has 114 valence electrons. The van der Waals surface area contributed by atoms with Crippen LogP contribution < -0.4 is 10.1 Å². The van der Waals surface area contributed by atoms with Crippen molar-refractivity contribution >= 4 is 10.9 Å². The molecule has 0 radical (unpaired) electrons. The second kappa shape index (κ2) is 6.90. The summed E-state index contributed by atoms with van der Waals surface area (Å²) < 4.78 is 6.26. The Morgan fingerprint density at radius 1 is 1.19 bits per heavy atom. The molecule has 21 heavy (non-hydrogen) atoms. The number of fused-ring (bicyclic) bond motifs is 1. The van der Waals surface area contributed by atoms with Crippen molar-refractivity contribution in [2.24, 2.45) is 0 Å². The highest BCUT2D eigenvalue weighted by Gasteiger charge is 2.16. The van der Waals surface area contributed by atoms with Crippen LogP contribution >= 0.6 is 0 Å². The van der Waals surface area contributed by atoms with Crippen LogP contribution in [0.15, 0.2) is 36.5 Å². The van der Waals surface area contributed by atoms with Gasteiger partial charge >= 0.3 is 0 Å². The van der Waals surface area contributed by atoms with E-state index in [0.717, 1.165) is 36.0 Å². The van der Waals surface area contributed by atoms with Crippen LogP contribution in [0.5, 0.6) is 5.75 Å². The van der Waals surface area contributed by atoms with Crippen molar-refractivity contribution < 1.29 is 4.74 Å². The Balaban J connectivity index is 2.15. The second-order valence-corrected chi connectivity index (χ2v) is 6.49. The Morgan fingerprint density at radius 2 is 2.00 bits per heavy atom. The third-order valence-electron chi connectivity index (χ3n) is 3.37. The lowest BCUT2D eigenvalue weighted by Crippen LogP contribution is -2.42. The maximum absolute atomic E-state index is 6.26. The number of rotatable bonds is 6. The van der Waals surface area contributed by atoms with Gasteiger partial charge in [0.05, 0.1) is 5.52 Å². The molecule has 3 heteroatoms. The Hall–Kier alpha value is -1.61. The Bertz CT molecular complexity index is 569. The summed E-state index contributed by atoms with van der Waals surface area (Å²) in [6.07, 6.45) is 4.15. The molecule has 1 N–H and O–H groups in total. The van der Waals surface area contributed by atoms with Gasteiger partial charge in [-0.15, -0.1) is 0 Å². The zero-order valence-corrected chi connectivity index (χ0v) is 13.5. The first kappa shape index (κ1) is 15.8. The molecule has 1 heterocycles. The quantitative estimate of drug-likeness (QED) is 0.865. The van der Waals surface area contributed by atoms with Crippen LogP contribution in [0.2, 0.25) is 0 Å². The zero-order chi connectivity index (χ0) is 15.3. The summed E-state index contributed by atoms with van der Waals surface area (Å²) in [4.78, 5) is 4.38. The average Bonchev–Trinajstić information content (AvgIpc) is 2.44. The molecule has 0 spiro atoms. The lowest BCUT2D eigenvalue weighted by Gasteiger charge is -2.26. The Labute approximate surface area is 127 Å². The van der Waals surface area contributed by atoms with Gasteiger partial charge in [0.15, 0.2) is 0 Å². The lowest BCUT2D eigenvalue weighted by atomic mass is 10.1. The van der Waals surface area contributed by atoms with Crippen LogP contribution in [0, 0.1) is 0 Å². The van der Waals surface area contributed by atoms with Crippen LogP contribution in [-0.2, 0) is 0 Å². The molecule has 2 aromatic rings. The third-order valence-corrected chi connectivity index (χ3v) is 3.37. The number of hydrogen-bond donors (Lipinski definition) is 1. The first-order valence-electron chi connectivity index (χ1n) is 7.75. The smallest absolute Gasteiger partial charge is 0.129 e. The van der Waals surface area contributed by atoms with E-state index in [0.29, 0.717) is 0 Å². The fourth-order valence-corrected chi connectivity index (χ4v) is 2.30. The van der Waals surface area contributed by atoms with E-state index in [1.54, 1.807) is 0 Å². The van der Waals surface area contributed by atoms with Crippen LogP contribution in [-0.4, -0.2) is 23.2 Å². The topological polar surface area (TPSA) is 34.1 Å². The molecule has 0 saturated carbocycles. The van der Waals surface area contributed by atoms with Crippen molar-refractivity contribution in [3.63, 3.8) is 0 Å². The molecular formula is C18H26N2O. The van der Waals surface area contributed by atoms with Crippen LogP contribution in [0.4, 0.5) is 0 Å². The molecular weight excluding hydrogens is 260 g/mol. The van der Waals surface area contributed by atoms with E-state index in [9.17, 15) is 0 Å². The van der Waals surface area contributed by atoms with Crippen LogP contribution in [0.25, 0.3) is 10.9 Å². The van der Waals surface area contributed by atoms with Crippen molar-refractivity contribution in [3.8, 4) is 5.75 Å². The molecule has 0 bridgehead atoms. The van der Waals surface area contributed by atoms with Gasteiger partial charge in [0.2, 0.25) is 0 Å². The molecule has 1 aromatic heterocycles. The first-order chi connectivity index (χ1) is 9.99. The van der Waals surface area contributed by atoms with Gasteiger partial charge in [-0.1, -0.05) is 19.4 Å². The van der Waals surface area contributed by atoms with Gasteiger partial charge in [-0.2, -0.15) is 0 Å². The predicted molar refractivity (Wildman–Crippen MR) is 88.8 cm³/mol. The molecule has 1 atom stereocenters. The van der Waals surface area contributed by atoms with E-state index in [4.69, 9.17) is 4.74 Å². The lowest BCUT2D eigenvalue weighted by molar-refractivity contribution is 0.177. The Morgan fingerprint density at radius 3 is 2.71 bits per heavy atom. The normalized spacial score (nSPS) is 13.3. The van der Waals surface area contributed by atoms with Gasteiger partial charge in [-0.05, 0) is 51.5 Å². The molecule has 0 saturated heterocycles. The summed E-state index contributed by atoms with van der Waals surface area (Å²) in [5, 5.41) is 4.61. The number of benzene rings is 1. The maximum atomic E-state index is 6.26. The fourth-order valence-electron chi connectivity index (χ4n) is 2.30. The van der Waals surface area contributed by atoms with E-state index in [1.165, 1.54) is 0 Å². The largest absolute Gasteiger partial charge is 0.488 e. The number of pyridine rings is 1. The SMILES string of the molecule is CCCC(CNC(C)(C)C)Oc1cccc2ncccc12. The number of nitrogens with one attached hydrogen (secondary N) is 1. The van der Waals surface area contributed by atoms with E-state index in [1.807, 2.05) is 30.5 Å². The highest BCUT2D eigenvalue weighted by Crippen LogP contribution is 2.25. The van der Waals surface area contributed by atoms with Crippen molar-refractivity contribution in [1.29, 1.82) is 0 Å². The van der Waals surface area contributed by atoms with Gasteiger partial charge in [0, 0.05) is 23.7 Å². The number of nitrogens with zero attached hydrogens (tertiary/aromatic N) is 1. The summed E-state index contributed by atoms with van der Waals surface area (Å²) in [7, 11) is 0.